The lowest BCUT2D eigenvalue weighted by Gasteiger charge is -2.22. The Hall–Kier alpha value is 0.1000. The first kappa shape index (κ1) is 12.6. The second-order valence-electron chi connectivity index (χ2n) is 4.66. The van der Waals surface area contributed by atoms with Crippen LogP contribution in [0.15, 0.2) is 15.9 Å². The Kier molecular flexibility index (Phi) is 4.41. The van der Waals surface area contributed by atoms with Crippen LogP contribution in [0.25, 0.3) is 0 Å². The highest BCUT2D eigenvalue weighted by atomic mass is 79.9. The Balaban J connectivity index is 1.82. The number of hydrogen-bond donors (Lipinski definition) is 1. The third kappa shape index (κ3) is 3.29. The van der Waals surface area contributed by atoms with Gasteiger partial charge in [0.1, 0.15) is 0 Å². The topological polar surface area (TPSA) is 23.5 Å². The number of halogens is 1. The van der Waals surface area contributed by atoms with Crippen LogP contribution in [0, 0.1) is 5.92 Å². The molecule has 1 heterocycles. The molecule has 1 aliphatic rings. The molecule has 1 N–H and O–H groups in total. The van der Waals surface area contributed by atoms with Crippen LogP contribution in [-0.2, 0) is 6.54 Å². The molecule has 16 heavy (non-hydrogen) atoms. The third-order valence-electron chi connectivity index (χ3n) is 3.22. The van der Waals surface area contributed by atoms with Crippen molar-refractivity contribution in [3.05, 3.63) is 20.8 Å². The molecule has 0 bridgehead atoms. The van der Waals surface area contributed by atoms with Gasteiger partial charge in [0.15, 0.2) is 0 Å². The zero-order valence-corrected chi connectivity index (χ0v) is 11.9. The molecule has 0 amide bonds. The van der Waals surface area contributed by atoms with Gasteiger partial charge in [-0.15, -0.1) is 11.3 Å². The predicted molar refractivity (Wildman–Crippen MR) is 71.7 cm³/mol. The molecule has 1 aromatic rings. The van der Waals surface area contributed by atoms with Crippen molar-refractivity contribution in [1.82, 2.24) is 4.90 Å². The van der Waals surface area contributed by atoms with E-state index in [-0.39, 0.29) is 6.10 Å². The van der Waals surface area contributed by atoms with Crippen molar-refractivity contribution in [3.63, 3.8) is 0 Å². The van der Waals surface area contributed by atoms with E-state index in [2.05, 4.69) is 40.0 Å². The summed E-state index contributed by atoms with van der Waals surface area (Å²) in [4.78, 5) is 3.69. The number of hydrogen-bond acceptors (Lipinski definition) is 3. The summed E-state index contributed by atoms with van der Waals surface area (Å²) in [5.74, 6) is 0.480. The fraction of sp³-hybridized carbons (Fsp3) is 0.667. The number of rotatable bonds is 4. The van der Waals surface area contributed by atoms with Gasteiger partial charge in [-0.05, 0) is 53.9 Å². The largest absolute Gasteiger partial charge is 0.393 e. The van der Waals surface area contributed by atoms with E-state index in [0.29, 0.717) is 5.92 Å². The number of thiophene rings is 1. The van der Waals surface area contributed by atoms with E-state index in [4.69, 9.17) is 0 Å². The SMILES string of the molecule is CN(Cc1ccc(Br)s1)CC1CCCC1O. The Labute approximate surface area is 109 Å². The molecular weight excluding hydrogens is 286 g/mol. The summed E-state index contributed by atoms with van der Waals surface area (Å²) in [5, 5.41) is 9.78. The summed E-state index contributed by atoms with van der Waals surface area (Å²) < 4.78 is 1.19. The Morgan fingerprint density at radius 2 is 2.31 bits per heavy atom. The van der Waals surface area contributed by atoms with Gasteiger partial charge in [-0.3, -0.25) is 0 Å². The summed E-state index contributed by atoms with van der Waals surface area (Å²) in [6, 6.07) is 4.26. The predicted octanol–water partition coefficient (Wildman–Crippen LogP) is 3.10. The van der Waals surface area contributed by atoms with E-state index in [1.807, 2.05) is 0 Å². The van der Waals surface area contributed by atoms with Crippen LogP contribution in [0.2, 0.25) is 0 Å². The van der Waals surface area contributed by atoms with Gasteiger partial charge in [0.2, 0.25) is 0 Å². The molecule has 0 radical (unpaired) electrons. The van der Waals surface area contributed by atoms with Gasteiger partial charge < -0.3 is 10.0 Å². The van der Waals surface area contributed by atoms with Crippen molar-refractivity contribution >= 4 is 27.3 Å². The number of nitrogens with zero attached hydrogens (tertiary/aromatic N) is 1. The second-order valence-corrected chi connectivity index (χ2v) is 7.21. The van der Waals surface area contributed by atoms with Crippen LogP contribution in [0.5, 0.6) is 0 Å². The zero-order valence-electron chi connectivity index (χ0n) is 9.53. The summed E-state index contributed by atoms with van der Waals surface area (Å²) >= 11 is 5.27. The lowest BCUT2D eigenvalue weighted by Crippen LogP contribution is -2.29. The van der Waals surface area contributed by atoms with E-state index in [0.717, 1.165) is 19.5 Å². The summed E-state index contributed by atoms with van der Waals surface area (Å²) in [6.45, 7) is 2.00. The van der Waals surface area contributed by atoms with Crippen molar-refractivity contribution < 1.29 is 5.11 Å². The molecule has 1 aliphatic carbocycles. The standard InChI is InChI=1S/C12H18BrNOS/c1-14(7-9-3-2-4-11(9)15)8-10-5-6-12(13)16-10/h5-6,9,11,15H,2-4,7-8H2,1H3. The Bertz CT molecular complexity index is 342. The molecule has 4 heteroatoms. The van der Waals surface area contributed by atoms with E-state index < -0.39 is 0 Å². The van der Waals surface area contributed by atoms with Crippen molar-refractivity contribution in [2.45, 2.75) is 31.9 Å². The highest BCUT2D eigenvalue weighted by molar-refractivity contribution is 9.11. The average Bonchev–Trinajstić information content (AvgIpc) is 2.77. The molecule has 2 rings (SSSR count). The van der Waals surface area contributed by atoms with Gasteiger partial charge in [0.05, 0.1) is 9.89 Å². The summed E-state index contributed by atoms with van der Waals surface area (Å²) in [6.07, 6.45) is 3.28. The highest BCUT2D eigenvalue weighted by Crippen LogP contribution is 2.27. The monoisotopic (exact) mass is 303 g/mol. The minimum Gasteiger partial charge on any atom is -0.393 e. The van der Waals surface area contributed by atoms with Crippen LogP contribution in [0.4, 0.5) is 0 Å². The fourth-order valence-electron chi connectivity index (χ4n) is 2.40. The molecule has 1 aromatic heterocycles. The second kappa shape index (κ2) is 5.63. The van der Waals surface area contributed by atoms with E-state index in [1.165, 1.54) is 21.5 Å². The van der Waals surface area contributed by atoms with Crippen LogP contribution in [0.1, 0.15) is 24.1 Å². The molecule has 1 fully saturated rings. The van der Waals surface area contributed by atoms with Crippen molar-refractivity contribution in [1.29, 1.82) is 0 Å². The maximum Gasteiger partial charge on any atom is 0.0701 e. The average molecular weight is 304 g/mol. The van der Waals surface area contributed by atoms with Crippen molar-refractivity contribution in [3.8, 4) is 0 Å². The van der Waals surface area contributed by atoms with Gasteiger partial charge >= 0.3 is 0 Å². The van der Waals surface area contributed by atoms with Gasteiger partial charge in [0.25, 0.3) is 0 Å². The number of aliphatic hydroxyl groups excluding tert-OH is 1. The zero-order chi connectivity index (χ0) is 11.5. The first-order valence-electron chi connectivity index (χ1n) is 5.76. The van der Waals surface area contributed by atoms with Crippen LogP contribution < -0.4 is 0 Å². The molecule has 0 aliphatic heterocycles. The quantitative estimate of drug-likeness (QED) is 0.924. The Morgan fingerprint density at radius 1 is 1.50 bits per heavy atom. The summed E-state index contributed by atoms with van der Waals surface area (Å²) in [7, 11) is 2.14. The van der Waals surface area contributed by atoms with E-state index in [1.54, 1.807) is 11.3 Å². The molecule has 0 aromatic carbocycles. The van der Waals surface area contributed by atoms with Gasteiger partial charge in [-0.1, -0.05) is 6.42 Å². The molecular formula is C12H18BrNOS. The van der Waals surface area contributed by atoms with Gasteiger partial charge in [-0.2, -0.15) is 0 Å². The number of aliphatic hydroxyl groups is 1. The molecule has 2 nitrogen and oxygen atoms in total. The fourth-order valence-corrected chi connectivity index (χ4v) is 3.96. The maximum absolute atomic E-state index is 9.78. The Morgan fingerprint density at radius 3 is 2.88 bits per heavy atom. The maximum atomic E-state index is 9.78. The third-order valence-corrected chi connectivity index (χ3v) is 4.83. The lowest BCUT2D eigenvalue weighted by atomic mass is 10.1. The summed E-state index contributed by atoms with van der Waals surface area (Å²) in [5.41, 5.74) is 0. The van der Waals surface area contributed by atoms with Crippen LogP contribution in [-0.4, -0.2) is 29.7 Å². The highest BCUT2D eigenvalue weighted by Gasteiger charge is 2.26. The first-order chi connectivity index (χ1) is 7.65. The van der Waals surface area contributed by atoms with Crippen molar-refractivity contribution in [2.24, 2.45) is 5.92 Å². The lowest BCUT2D eigenvalue weighted by molar-refractivity contribution is 0.108. The minimum absolute atomic E-state index is 0.0717. The smallest absolute Gasteiger partial charge is 0.0701 e. The van der Waals surface area contributed by atoms with Crippen LogP contribution in [0.3, 0.4) is 0 Å². The van der Waals surface area contributed by atoms with Gasteiger partial charge in [-0.25, -0.2) is 0 Å². The van der Waals surface area contributed by atoms with Crippen molar-refractivity contribution in [2.75, 3.05) is 13.6 Å². The van der Waals surface area contributed by atoms with E-state index in [9.17, 15) is 5.11 Å². The molecule has 2 unspecified atom stereocenters. The first-order valence-corrected chi connectivity index (χ1v) is 7.37. The molecule has 90 valence electrons. The normalized spacial score (nSPS) is 25.5. The molecule has 0 saturated heterocycles. The minimum atomic E-state index is -0.0717. The van der Waals surface area contributed by atoms with E-state index >= 15 is 0 Å². The molecule has 0 spiro atoms. The van der Waals surface area contributed by atoms with Gasteiger partial charge in [0, 0.05) is 18.0 Å². The molecule has 1 saturated carbocycles. The molecule has 2 atom stereocenters. The van der Waals surface area contributed by atoms with Crippen LogP contribution >= 0.6 is 27.3 Å².